The molecule has 0 bridgehead atoms. The Balaban J connectivity index is 2.42. The quantitative estimate of drug-likeness (QED) is 0.714. The van der Waals surface area contributed by atoms with E-state index >= 15 is 0 Å². The highest BCUT2D eigenvalue weighted by Crippen LogP contribution is 2.26. The van der Waals surface area contributed by atoms with Crippen LogP contribution in [0.15, 0.2) is 10.4 Å². The van der Waals surface area contributed by atoms with Crippen molar-refractivity contribution in [1.82, 2.24) is 4.98 Å². The lowest BCUT2D eigenvalue weighted by Crippen LogP contribution is -1.77. The molecule has 0 fully saturated rings. The highest BCUT2D eigenvalue weighted by Gasteiger charge is 1.96. The molecular formula is C6H10N2S2. The van der Waals surface area contributed by atoms with Crippen molar-refractivity contribution in [2.24, 2.45) is 0 Å². The first-order valence-corrected chi connectivity index (χ1v) is 4.97. The van der Waals surface area contributed by atoms with Crippen molar-refractivity contribution in [2.75, 3.05) is 11.5 Å². The van der Waals surface area contributed by atoms with Gasteiger partial charge in [-0.3, -0.25) is 0 Å². The summed E-state index contributed by atoms with van der Waals surface area (Å²) >= 11 is 3.37. The van der Waals surface area contributed by atoms with Gasteiger partial charge in [0.25, 0.3) is 0 Å². The largest absolute Gasteiger partial charge is 0.375 e. The van der Waals surface area contributed by atoms with Gasteiger partial charge in [0.05, 0.1) is 10.4 Å². The molecule has 0 aliphatic carbocycles. The Kier molecular flexibility index (Phi) is 3.02. The Morgan fingerprint density at radius 1 is 1.80 bits per heavy atom. The van der Waals surface area contributed by atoms with Gasteiger partial charge in [0.2, 0.25) is 0 Å². The number of thiazole rings is 1. The minimum absolute atomic E-state index is 0.665. The number of hydrogen-bond donors (Lipinski definition) is 1. The van der Waals surface area contributed by atoms with Crippen LogP contribution in [0.1, 0.15) is 13.3 Å². The van der Waals surface area contributed by atoms with E-state index < -0.39 is 0 Å². The fraction of sp³-hybridized carbons (Fsp3) is 0.500. The lowest BCUT2D eigenvalue weighted by atomic mass is 10.6. The number of rotatable bonds is 3. The number of nitrogen functional groups attached to an aromatic ring is 1. The first kappa shape index (κ1) is 7.88. The lowest BCUT2D eigenvalue weighted by Gasteiger charge is -1.89. The van der Waals surface area contributed by atoms with Gasteiger partial charge in [0.1, 0.15) is 0 Å². The molecule has 0 aliphatic rings. The summed E-state index contributed by atoms with van der Waals surface area (Å²) in [5, 5.41) is 0.665. The second kappa shape index (κ2) is 3.83. The molecule has 0 saturated carbocycles. The van der Waals surface area contributed by atoms with Gasteiger partial charge in [-0.2, -0.15) is 0 Å². The molecule has 0 saturated heterocycles. The fourth-order valence-corrected chi connectivity index (χ4v) is 2.23. The first-order chi connectivity index (χ1) is 4.83. The van der Waals surface area contributed by atoms with Crippen molar-refractivity contribution in [3.05, 3.63) is 6.20 Å². The van der Waals surface area contributed by atoms with Gasteiger partial charge in [0, 0.05) is 0 Å². The summed E-state index contributed by atoms with van der Waals surface area (Å²) in [4.78, 5) is 3.94. The molecule has 0 aromatic carbocycles. The Morgan fingerprint density at radius 2 is 2.60 bits per heavy atom. The van der Waals surface area contributed by atoms with Crippen LogP contribution in [0.3, 0.4) is 0 Å². The molecule has 1 aromatic heterocycles. The van der Waals surface area contributed by atoms with Crippen LogP contribution in [0.5, 0.6) is 0 Å². The molecule has 0 unspecified atom stereocenters. The molecule has 0 spiro atoms. The van der Waals surface area contributed by atoms with E-state index in [0.29, 0.717) is 5.13 Å². The minimum Gasteiger partial charge on any atom is -0.375 e. The van der Waals surface area contributed by atoms with E-state index in [1.165, 1.54) is 10.6 Å². The van der Waals surface area contributed by atoms with E-state index in [2.05, 4.69) is 11.9 Å². The highest BCUT2D eigenvalue weighted by molar-refractivity contribution is 8.01. The van der Waals surface area contributed by atoms with Crippen LogP contribution < -0.4 is 5.73 Å². The molecule has 2 nitrogen and oxygen atoms in total. The maximum absolute atomic E-state index is 5.44. The molecule has 0 radical (unpaired) electrons. The third-order valence-electron chi connectivity index (χ3n) is 0.951. The molecular weight excluding hydrogens is 164 g/mol. The van der Waals surface area contributed by atoms with Crippen molar-refractivity contribution in [1.29, 1.82) is 0 Å². The lowest BCUT2D eigenvalue weighted by molar-refractivity contribution is 1.11. The van der Waals surface area contributed by atoms with Crippen LogP contribution in [0.25, 0.3) is 0 Å². The van der Waals surface area contributed by atoms with Gasteiger partial charge in [0.15, 0.2) is 5.13 Å². The van der Waals surface area contributed by atoms with E-state index in [0.717, 1.165) is 5.75 Å². The normalized spacial score (nSPS) is 10.1. The van der Waals surface area contributed by atoms with Gasteiger partial charge in [-0.25, -0.2) is 4.98 Å². The zero-order valence-corrected chi connectivity index (χ0v) is 7.47. The maximum atomic E-state index is 5.44. The second-order valence-corrected chi connectivity index (χ2v) is 4.32. The molecule has 1 aromatic rings. The second-order valence-electron chi connectivity index (χ2n) is 1.87. The number of thioether (sulfide) groups is 1. The first-order valence-electron chi connectivity index (χ1n) is 3.17. The molecule has 56 valence electrons. The maximum Gasteiger partial charge on any atom is 0.181 e. The van der Waals surface area contributed by atoms with Crippen LogP contribution in [0.4, 0.5) is 5.13 Å². The summed E-state index contributed by atoms with van der Waals surface area (Å²) in [6, 6.07) is 0. The van der Waals surface area contributed by atoms with Crippen molar-refractivity contribution < 1.29 is 0 Å². The predicted octanol–water partition coefficient (Wildman–Crippen LogP) is 2.23. The van der Waals surface area contributed by atoms with Gasteiger partial charge in [-0.1, -0.05) is 18.3 Å². The van der Waals surface area contributed by atoms with Crippen LogP contribution in [0.2, 0.25) is 0 Å². The van der Waals surface area contributed by atoms with Crippen LogP contribution >= 0.6 is 23.1 Å². The summed E-state index contributed by atoms with van der Waals surface area (Å²) in [5.41, 5.74) is 5.44. The third kappa shape index (κ3) is 2.19. The number of anilines is 1. The van der Waals surface area contributed by atoms with E-state index in [1.807, 2.05) is 18.0 Å². The molecule has 1 rings (SSSR count). The molecule has 2 N–H and O–H groups in total. The highest BCUT2D eigenvalue weighted by atomic mass is 32.2. The van der Waals surface area contributed by atoms with E-state index in [9.17, 15) is 0 Å². The summed E-state index contributed by atoms with van der Waals surface area (Å²) in [6.45, 7) is 2.16. The average Bonchev–Trinajstić information content (AvgIpc) is 2.31. The third-order valence-corrected chi connectivity index (χ3v) is 3.18. The van der Waals surface area contributed by atoms with Gasteiger partial charge < -0.3 is 5.73 Å². The summed E-state index contributed by atoms with van der Waals surface area (Å²) in [7, 11) is 0. The summed E-state index contributed by atoms with van der Waals surface area (Å²) in [5.74, 6) is 1.15. The minimum atomic E-state index is 0.665. The molecule has 0 amide bonds. The molecule has 10 heavy (non-hydrogen) atoms. The Labute approximate surface area is 68.8 Å². The van der Waals surface area contributed by atoms with E-state index in [-0.39, 0.29) is 0 Å². The number of aromatic nitrogens is 1. The number of nitrogens with two attached hydrogens (primary N) is 1. The average molecular weight is 174 g/mol. The molecule has 0 aliphatic heterocycles. The van der Waals surface area contributed by atoms with Crippen LogP contribution in [0, 0.1) is 0 Å². The number of nitrogens with zero attached hydrogens (tertiary/aromatic N) is 1. The van der Waals surface area contributed by atoms with Crippen molar-refractivity contribution in [3.8, 4) is 0 Å². The fourth-order valence-electron chi connectivity index (χ4n) is 0.541. The zero-order valence-electron chi connectivity index (χ0n) is 5.83. The van der Waals surface area contributed by atoms with Crippen molar-refractivity contribution >= 4 is 28.2 Å². The summed E-state index contributed by atoms with van der Waals surface area (Å²) in [6.07, 6.45) is 3.03. The molecule has 0 atom stereocenters. The predicted molar refractivity (Wildman–Crippen MR) is 47.5 cm³/mol. The number of hydrogen-bond acceptors (Lipinski definition) is 4. The Morgan fingerprint density at radius 3 is 3.10 bits per heavy atom. The topological polar surface area (TPSA) is 38.9 Å². The Bertz CT molecular complexity index is 197. The van der Waals surface area contributed by atoms with Gasteiger partial charge in [-0.05, 0) is 12.2 Å². The van der Waals surface area contributed by atoms with E-state index in [1.54, 1.807) is 11.3 Å². The monoisotopic (exact) mass is 174 g/mol. The van der Waals surface area contributed by atoms with Crippen LogP contribution in [-0.2, 0) is 0 Å². The standard InChI is InChI=1S/C6H10N2S2/c1-2-3-9-5-4-8-6(7)10-5/h4H,2-3H2,1H3,(H2,7,8). The smallest absolute Gasteiger partial charge is 0.181 e. The van der Waals surface area contributed by atoms with Gasteiger partial charge >= 0.3 is 0 Å². The molecule has 4 heteroatoms. The SMILES string of the molecule is CCCSc1cnc(N)s1. The van der Waals surface area contributed by atoms with Gasteiger partial charge in [-0.15, -0.1) is 11.8 Å². The Hall–Kier alpha value is -0.220. The van der Waals surface area contributed by atoms with E-state index in [4.69, 9.17) is 5.73 Å². The van der Waals surface area contributed by atoms with Crippen molar-refractivity contribution in [3.63, 3.8) is 0 Å². The molecule has 1 heterocycles. The van der Waals surface area contributed by atoms with Crippen molar-refractivity contribution in [2.45, 2.75) is 17.6 Å². The zero-order chi connectivity index (χ0) is 7.40. The summed E-state index contributed by atoms with van der Waals surface area (Å²) < 4.78 is 1.22. The van der Waals surface area contributed by atoms with Crippen LogP contribution in [-0.4, -0.2) is 10.7 Å².